The number of nitrogens with zero attached hydrogens (tertiary/aromatic N) is 3. The van der Waals surface area contributed by atoms with Crippen molar-refractivity contribution in [2.75, 3.05) is 0 Å². The summed E-state index contributed by atoms with van der Waals surface area (Å²) in [6, 6.07) is 13.2. The number of benzene rings is 1. The molecule has 1 aromatic carbocycles. The van der Waals surface area contributed by atoms with Gasteiger partial charge < -0.3 is 0 Å². The van der Waals surface area contributed by atoms with E-state index in [0.29, 0.717) is 16.3 Å². The molecule has 5 heteroatoms. The standard InChI is InChI=1S/C17H14ClN3O/c1-12-8-13(2)21(17(22)16(12)10-19)20-11-15(18)9-14-6-4-3-5-7-14/h3-9,11H,1-2H3/b15-9-,20-11+. The van der Waals surface area contributed by atoms with E-state index in [2.05, 4.69) is 5.10 Å². The second kappa shape index (κ2) is 6.88. The van der Waals surface area contributed by atoms with Gasteiger partial charge in [0.15, 0.2) is 0 Å². The van der Waals surface area contributed by atoms with Crippen molar-refractivity contribution in [3.63, 3.8) is 0 Å². The van der Waals surface area contributed by atoms with E-state index in [-0.39, 0.29) is 5.56 Å². The average Bonchev–Trinajstić information content (AvgIpc) is 2.48. The maximum Gasteiger partial charge on any atom is 0.289 e. The van der Waals surface area contributed by atoms with Crippen LogP contribution in [0.3, 0.4) is 0 Å². The topological polar surface area (TPSA) is 58.1 Å². The van der Waals surface area contributed by atoms with Crippen LogP contribution in [0.5, 0.6) is 0 Å². The largest absolute Gasteiger partial charge is 0.289 e. The lowest BCUT2D eigenvalue weighted by Crippen LogP contribution is -2.22. The van der Waals surface area contributed by atoms with Crippen molar-refractivity contribution in [2.24, 2.45) is 5.10 Å². The van der Waals surface area contributed by atoms with E-state index in [0.717, 1.165) is 5.56 Å². The Bertz CT molecular complexity index is 843. The molecule has 2 rings (SSSR count). The minimum absolute atomic E-state index is 0.0888. The molecular formula is C17H14ClN3O. The Morgan fingerprint density at radius 2 is 2.00 bits per heavy atom. The predicted molar refractivity (Wildman–Crippen MR) is 89.1 cm³/mol. The number of hydrogen-bond donors (Lipinski definition) is 0. The summed E-state index contributed by atoms with van der Waals surface area (Å²) in [5, 5.41) is 13.5. The highest BCUT2D eigenvalue weighted by Gasteiger charge is 2.08. The number of aryl methyl sites for hydroxylation is 2. The molecule has 0 N–H and O–H groups in total. The third-order valence-corrected chi connectivity index (χ3v) is 3.28. The highest BCUT2D eigenvalue weighted by molar-refractivity contribution is 6.41. The van der Waals surface area contributed by atoms with Crippen LogP contribution in [0.25, 0.3) is 6.08 Å². The molecule has 0 aliphatic carbocycles. The minimum Gasteiger partial charge on any atom is -0.266 e. The van der Waals surface area contributed by atoms with Gasteiger partial charge in [-0.3, -0.25) is 4.79 Å². The number of hydrogen-bond acceptors (Lipinski definition) is 3. The first-order valence-electron chi connectivity index (χ1n) is 6.63. The van der Waals surface area contributed by atoms with Gasteiger partial charge in [-0.05, 0) is 37.1 Å². The zero-order valence-electron chi connectivity index (χ0n) is 12.2. The summed E-state index contributed by atoms with van der Waals surface area (Å²) in [5.74, 6) is 0. The van der Waals surface area contributed by atoms with Gasteiger partial charge in [0.05, 0.1) is 11.2 Å². The van der Waals surface area contributed by atoms with Gasteiger partial charge in [-0.2, -0.15) is 10.4 Å². The number of allylic oxidation sites excluding steroid dienone is 1. The lowest BCUT2D eigenvalue weighted by Gasteiger charge is -2.05. The van der Waals surface area contributed by atoms with Crippen LogP contribution in [0.4, 0.5) is 0 Å². The van der Waals surface area contributed by atoms with E-state index >= 15 is 0 Å². The van der Waals surface area contributed by atoms with Crippen LogP contribution in [-0.4, -0.2) is 10.9 Å². The van der Waals surface area contributed by atoms with Gasteiger partial charge in [0.1, 0.15) is 11.6 Å². The fourth-order valence-corrected chi connectivity index (χ4v) is 2.19. The fraction of sp³-hybridized carbons (Fsp3) is 0.118. The number of nitriles is 1. The molecule has 0 bridgehead atoms. The van der Waals surface area contributed by atoms with Crippen LogP contribution in [0.1, 0.15) is 22.4 Å². The molecule has 0 atom stereocenters. The molecule has 22 heavy (non-hydrogen) atoms. The lowest BCUT2D eigenvalue weighted by molar-refractivity contribution is 0.787. The summed E-state index contributed by atoms with van der Waals surface area (Å²) in [6.07, 6.45) is 3.13. The summed E-state index contributed by atoms with van der Waals surface area (Å²) in [4.78, 5) is 12.2. The van der Waals surface area contributed by atoms with Crippen molar-refractivity contribution in [3.8, 4) is 6.07 Å². The molecule has 4 nitrogen and oxygen atoms in total. The van der Waals surface area contributed by atoms with Gasteiger partial charge in [-0.15, -0.1) is 0 Å². The van der Waals surface area contributed by atoms with Crippen LogP contribution in [0.2, 0.25) is 0 Å². The number of aromatic nitrogens is 1. The Kier molecular flexibility index (Phi) is 4.92. The first kappa shape index (κ1) is 15.7. The van der Waals surface area contributed by atoms with Gasteiger partial charge in [0, 0.05) is 5.69 Å². The van der Waals surface area contributed by atoms with Crippen LogP contribution < -0.4 is 5.56 Å². The molecule has 0 fully saturated rings. The van der Waals surface area contributed by atoms with E-state index in [1.807, 2.05) is 36.4 Å². The van der Waals surface area contributed by atoms with Gasteiger partial charge in [0.25, 0.3) is 5.56 Å². The predicted octanol–water partition coefficient (Wildman–Crippen LogP) is 3.45. The summed E-state index contributed by atoms with van der Waals surface area (Å²) in [6.45, 7) is 3.48. The first-order valence-corrected chi connectivity index (χ1v) is 7.00. The van der Waals surface area contributed by atoms with Crippen molar-refractivity contribution in [1.82, 2.24) is 4.68 Å². The van der Waals surface area contributed by atoms with Gasteiger partial charge in [0.2, 0.25) is 0 Å². The van der Waals surface area contributed by atoms with Crippen molar-refractivity contribution in [2.45, 2.75) is 13.8 Å². The second-order valence-corrected chi connectivity index (χ2v) is 5.19. The van der Waals surface area contributed by atoms with E-state index in [4.69, 9.17) is 16.9 Å². The molecule has 0 aliphatic heterocycles. The SMILES string of the molecule is Cc1cc(C)n(/N=C/C(Cl)=C/c2ccccc2)c(=O)c1C#N. The fourth-order valence-electron chi connectivity index (χ4n) is 2.02. The molecular weight excluding hydrogens is 298 g/mol. The van der Waals surface area contributed by atoms with E-state index in [1.165, 1.54) is 10.9 Å². The molecule has 2 aromatic rings. The van der Waals surface area contributed by atoms with Crippen LogP contribution in [0.15, 0.2) is 51.3 Å². The minimum atomic E-state index is -0.444. The molecule has 0 amide bonds. The molecule has 1 heterocycles. The van der Waals surface area contributed by atoms with Crippen molar-refractivity contribution >= 4 is 23.9 Å². The molecule has 0 spiro atoms. The average molecular weight is 312 g/mol. The molecule has 0 saturated carbocycles. The molecule has 110 valence electrons. The van der Waals surface area contributed by atoms with Crippen molar-refractivity contribution < 1.29 is 0 Å². The van der Waals surface area contributed by atoms with Crippen molar-refractivity contribution in [3.05, 3.63) is 74.2 Å². The number of halogens is 1. The maximum absolute atomic E-state index is 12.2. The third-order valence-electron chi connectivity index (χ3n) is 3.07. The Hall–Kier alpha value is -2.64. The number of pyridine rings is 1. The smallest absolute Gasteiger partial charge is 0.266 e. The molecule has 1 aromatic heterocycles. The zero-order valence-corrected chi connectivity index (χ0v) is 13.0. The third kappa shape index (κ3) is 3.51. The molecule has 0 radical (unpaired) electrons. The summed E-state index contributed by atoms with van der Waals surface area (Å²) in [5.41, 5.74) is 1.86. The molecule has 0 unspecified atom stereocenters. The zero-order chi connectivity index (χ0) is 16.1. The Labute approximate surface area is 133 Å². The second-order valence-electron chi connectivity index (χ2n) is 4.76. The highest BCUT2D eigenvalue weighted by Crippen LogP contribution is 2.09. The quantitative estimate of drug-likeness (QED) is 0.815. The Morgan fingerprint density at radius 1 is 1.32 bits per heavy atom. The lowest BCUT2D eigenvalue weighted by atomic mass is 10.1. The van der Waals surface area contributed by atoms with E-state index < -0.39 is 5.56 Å². The van der Waals surface area contributed by atoms with Crippen molar-refractivity contribution in [1.29, 1.82) is 5.26 Å². The summed E-state index contributed by atoms with van der Waals surface area (Å²) in [7, 11) is 0. The maximum atomic E-state index is 12.2. The highest BCUT2D eigenvalue weighted by atomic mass is 35.5. The Balaban J connectivity index is 2.37. The Morgan fingerprint density at radius 3 is 2.64 bits per heavy atom. The van der Waals surface area contributed by atoms with Crippen LogP contribution >= 0.6 is 11.6 Å². The first-order chi connectivity index (χ1) is 10.5. The summed E-state index contributed by atoms with van der Waals surface area (Å²) < 4.78 is 1.17. The van der Waals surface area contributed by atoms with Gasteiger partial charge in [-0.25, -0.2) is 4.68 Å². The summed E-state index contributed by atoms with van der Waals surface area (Å²) >= 11 is 6.11. The number of rotatable bonds is 3. The van der Waals surface area contributed by atoms with E-state index in [1.54, 1.807) is 26.0 Å². The van der Waals surface area contributed by atoms with E-state index in [9.17, 15) is 4.79 Å². The molecule has 0 saturated heterocycles. The van der Waals surface area contributed by atoms with Gasteiger partial charge >= 0.3 is 0 Å². The molecule has 0 aliphatic rings. The van der Waals surface area contributed by atoms with Gasteiger partial charge in [-0.1, -0.05) is 41.9 Å². The van der Waals surface area contributed by atoms with Crippen LogP contribution in [-0.2, 0) is 0 Å². The van der Waals surface area contributed by atoms with Crippen LogP contribution in [0, 0.1) is 25.2 Å². The normalized spacial score (nSPS) is 11.6. The monoisotopic (exact) mass is 311 g/mol.